The van der Waals surface area contributed by atoms with Crippen LogP contribution in [0.15, 0.2) is 30.3 Å². The molecule has 3 heteroatoms. The molecular formula is C13H14N3+. The van der Waals surface area contributed by atoms with Crippen LogP contribution in [-0.2, 0) is 7.05 Å². The van der Waals surface area contributed by atoms with E-state index in [0.29, 0.717) is 0 Å². The predicted molar refractivity (Wildman–Crippen MR) is 63.3 cm³/mol. The second-order valence-corrected chi connectivity index (χ2v) is 4.22. The minimum absolute atomic E-state index is 1.04. The summed E-state index contributed by atoms with van der Waals surface area (Å²) in [6, 6.07) is 10.5. The molecule has 3 aromatic rings. The number of aromatic nitrogens is 3. The number of nitrogens with zero attached hydrogens (tertiary/aromatic N) is 3. The van der Waals surface area contributed by atoms with E-state index in [2.05, 4.69) is 58.5 Å². The Morgan fingerprint density at radius 3 is 2.75 bits per heavy atom. The molecule has 0 unspecified atom stereocenters. The van der Waals surface area contributed by atoms with Crippen molar-refractivity contribution in [3.05, 3.63) is 41.7 Å². The van der Waals surface area contributed by atoms with E-state index in [4.69, 9.17) is 0 Å². The molecule has 0 bridgehead atoms. The summed E-state index contributed by atoms with van der Waals surface area (Å²) in [6.45, 7) is 4.15. The second-order valence-electron chi connectivity index (χ2n) is 4.22. The molecule has 3 rings (SSSR count). The maximum Gasteiger partial charge on any atom is 0.241 e. The van der Waals surface area contributed by atoms with Gasteiger partial charge in [-0.15, -0.1) is 9.20 Å². The first-order valence-electron chi connectivity index (χ1n) is 5.42. The van der Waals surface area contributed by atoms with Gasteiger partial charge < -0.3 is 0 Å². The van der Waals surface area contributed by atoms with Crippen LogP contribution in [0.1, 0.15) is 11.4 Å². The SMILES string of the molecule is Cc1cc(C)n2c(n1)c1ccccc1[n+]2C. The Hall–Kier alpha value is -1.90. The van der Waals surface area contributed by atoms with Crippen molar-refractivity contribution in [2.24, 2.45) is 7.05 Å². The highest BCUT2D eigenvalue weighted by molar-refractivity contribution is 5.89. The maximum absolute atomic E-state index is 4.63. The van der Waals surface area contributed by atoms with Gasteiger partial charge in [-0.1, -0.05) is 12.1 Å². The highest BCUT2D eigenvalue weighted by Crippen LogP contribution is 2.17. The molecule has 2 heterocycles. The molecule has 16 heavy (non-hydrogen) atoms. The van der Waals surface area contributed by atoms with Crippen molar-refractivity contribution in [1.82, 2.24) is 9.50 Å². The van der Waals surface area contributed by atoms with Crippen molar-refractivity contribution in [2.75, 3.05) is 0 Å². The van der Waals surface area contributed by atoms with E-state index < -0.39 is 0 Å². The lowest BCUT2D eigenvalue weighted by Gasteiger charge is -1.98. The third-order valence-electron chi connectivity index (χ3n) is 3.03. The molecule has 0 fully saturated rings. The van der Waals surface area contributed by atoms with Crippen LogP contribution < -0.4 is 4.68 Å². The van der Waals surface area contributed by atoms with Gasteiger partial charge in [0.2, 0.25) is 11.2 Å². The van der Waals surface area contributed by atoms with Gasteiger partial charge >= 0.3 is 0 Å². The minimum atomic E-state index is 1.04. The summed E-state index contributed by atoms with van der Waals surface area (Å²) in [4.78, 5) is 4.63. The molecule has 1 aromatic carbocycles. The molecular weight excluding hydrogens is 198 g/mol. The second kappa shape index (κ2) is 3.04. The van der Waals surface area contributed by atoms with Gasteiger partial charge in [0.25, 0.3) is 0 Å². The summed E-state index contributed by atoms with van der Waals surface area (Å²) in [5.74, 6) is 0. The number of para-hydroxylation sites is 1. The van der Waals surface area contributed by atoms with E-state index in [1.807, 2.05) is 6.92 Å². The fraction of sp³-hybridized carbons (Fsp3) is 0.231. The van der Waals surface area contributed by atoms with Crippen LogP contribution in [0.25, 0.3) is 16.6 Å². The van der Waals surface area contributed by atoms with E-state index in [1.54, 1.807) is 0 Å². The lowest BCUT2D eigenvalue weighted by molar-refractivity contribution is -0.714. The summed E-state index contributed by atoms with van der Waals surface area (Å²) in [5, 5.41) is 1.21. The van der Waals surface area contributed by atoms with Crippen LogP contribution in [0, 0.1) is 13.8 Å². The van der Waals surface area contributed by atoms with Crippen molar-refractivity contribution < 1.29 is 4.68 Å². The molecule has 0 saturated heterocycles. The van der Waals surface area contributed by atoms with Crippen LogP contribution in [0.2, 0.25) is 0 Å². The fourth-order valence-corrected chi connectivity index (χ4v) is 2.38. The van der Waals surface area contributed by atoms with Gasteiger partial charge in [0, 0.05) is 11.8 Å². The highest BCUT2D eigenvalue weighted by atomic mass is 15.4. The largest absolute Gasteiger partial charge is 0.241 e. The molecule has 2 aromatic heterocycles. The van der Waals surface area contributed by atoms with E-state index >= 15 is 0 Å². The summed E-state index contributed by atoms with van der Waals surface area (Å²) < 4.78 is 4.30. The fourth-order valence-electron chi connectivity index (χ4n) is 2.38. The zero-order valence-corrected chi connectivity index (χ0v) is 9.73. The number of hydrogen-bond donors (Lipinski definition) is 0. The monoisotopic (exact) mass is 212 g/mol. The zero-order valence-electron chi connectivity index (χ0n) is 9.73. The lowest BCUT2D eigenvalue weighted by atomic mass is 10.2. The third-order valence-corrected chi connectivity index (χ3v) is 3.03. The Bertz CT molecular complexity index is 695. The Kier molecular flexibility index (Phi) is 1.78. The molecule has 3 nitrogen and oxygen atoms in total. The minimum Gasteiger partial charge on any atom is -0.230 e. The number of rotatable bonds is 0. The smallest absolute Gasteiger partial charge is 0.230 e. The average molecular weight is 212 g/mol. The molecule has 0 N–H and O–H groups in total. The third kappa shape index (κ3) is 1.08. The molecule has 0 atom stereocenters. The van der Waals surface area contributed by atoms with E-state index in [0.717, 1.165) is 11.3 Å². The van der Waals surface area contributed by atoms with Crippen LogP contribution in [0.5, 0.6) is 0 Å². The average Bonchev–Trinajstić information content (AvgIpc) is 2.54. The molecule has 0 spiro atoms. The first-order chi connectivity index (χ1) is 7.68. The van der Waals surface area contributed by atoms with Crippen molar-refractivity contribution >= 4 is 16.6 Å². The first kappa shape index (κ1) is 9.33. The summed E-state index contributed by atoms with van der Waals surface area (Å²) >= 11 is 0. The number of hydrogen-bond acceptors (Lipinski definition) is 1. The van der Waals surface area contributed by atoms with Crippen molar-refractivity contribution in [3.8, 4) is 0 Å². The normalized spacial score (nSPS) is 11.4. The molecule has 0 radical (unpaired) electrons. The Morgan fingerprint density at radius 1 is 1.19 bits per heavy atom. The van der Waals surface area contributed by atoms with Crippen molar-refractivity contribution in [2.45, 2.75) is 13.8 Å². The van der Waals surface area contributed by atoms with Gasteiger partial charge in [0.05, 0.1) is 11.1 Å². The van der Waals surface area contributed by atoms with Gasteiger partial charge in [0.15, 0.2) is 7.05 Å². The molecule has 0 aliphatic rings. The highest BCUT2D eigenvalue weighted by Gasteiger charge is 2.17. The van der Waals surface area contributed by atoms with Crippen LogP contribution >= 0.6 is 0 Å². The zero-order chi connectivity index (χ0) is 11.3. The van der Waals surface area contributed by atoms with Crippen molar-refractivity contribution in [3.63, 3.8) is 0 Å². The standard InChI is InChI=1S/C13H14N3/c1-9-8-10(2)16-13(14-9)11-6-4-5-7-12(11)15(16)3/h4-8H,1-3H3/q+1. The summed E-state index contributed by atoms with van der Waals surface area (Å²) in [6.07, 6.45) is 0. The quantitative estimate of drug-likeness (QED) is 0.522. The van der Waals surface area contributed by atoms with E-state index in [-0.39, 0.29) is 0 Å². The Labute approximate surface area is 93.9 Å². The van der Waals surface area contributed by atoms with Gasteiger partial charge in [-0.05, 0) is 26.0 Å². The maximum atomic E-state index is 4.63. The molecule has 80 valence electrons. The van der Waals surface area contributed by atoms with Crippen LogP contribution in [0.3, 0.4) is 0 Å². The van der Waals surface area contributed by atoms with Gasteiger partial charge in [0.1, 0.15) is 0 Å². The molecule has 0 aliphatic carbocycles. The number of fused-ring (bicyclic) bond motifs is 3. The molecule has 0 aliphatic heterocycles. The number of aryl methyl sites for hydroxylation is 3. The van der Waals surface area contributed by atoms with Crippen molar-refractivity contribution in [1.29, 1.82) is 0 Å². The topological polar surface area (TPSA) is 21.2 Å². The van der Waals surface area contributed by atoms with Gasteiger partial charge in [-0.3, -0.25) is 0 Å². The van der Waals surface area contributed by atoms with E-state index in [9.17, 15) is 0 Å². The lowest BCUT2D eigenvalue weighted by Crippen LogP contribution is -2.36. The van der Waals surface area contributed by atoms with Crippen LogP contribution in [0.4, 0.5) is 0 Å². The Morgan fingerprint density at radius 2 is 1.94 bits per heavy atom. The van der Waals surface area contributed by atoms with E-state index in [1.165, 1.54) is 16.6 Å². The van der Waals surface area contributed by atoms with Crippen LogP contribution in [-0.4, -0.2) is 9.50 Å². The van der Waals surface area contributed by atoms with Gasteiger partial charge in [-0.2, -0.15) is 0 Å². The predicted octanol–water partition coefficient (Wildman–Crippen LogP) is 1.93. The summed E-state index contributed by atoms with van der Waals surface area (Å²) in [5.41, 5.74) is 4.52. The first-order valence-corrected chi connectivity index (χ1v) is 5.42. The number of benzene rings is 1. The summed E-state index contributed by atoms with van der Waals surface area (Å²) in [7, 11) is 2.07. The Balaban J connectivity index is 2.67. The van der Waals surface area contributed by atoms with Gasteiger partial charge in [-0.25, -0.2) is 4.98 Å². The molecule has 0 amide bonds. The molecule has 0 saturated carbocycles.